The first-order valence-corrected chi connectivity index (χ1v) is 3.67. The molecule has 1 saturated carbocycles. The van der Waals surface area contributed by atoms with E-state index in [1.807, 2.05) is 0 Å². The van der Waals surface area contributed by atoms with Gasteiger partial charge in [-0.25, -0.2) is 18.1 Å². The molecule has 0 aromatic heterocycles. The maximum absolute atomic E-state index is 2.37. The minimum Gasteiger partial charge on any atom is -1.00 e. The van der Waals surface area contributed by atoms with Crippen LogP contribution in [-0.2, 0) is 21.7 Å². The van der Waals surface area contributed by atoms with Crippen molar-refractivity contribution >= 4 is 0 Å². The molecule has 0 bridgehead atoms. The average molecular weight is 238 g/mol. The second kappa shape index (κ2) is 7.09. The maximum Gasteiger partial charge on any atom is 3.00 e. The van der Waals surface area contributed by atoms with Gasteiger partial charge in [-0.2, -0.15) is 0 Å². The zero-order valence-corrected chi connectivity index (χ0v) is 9.84. The Balaban J connectivity index is 0. The first-order chi connectivity index (χ1) is 4.47. The van der Waals surface area contributed by atoms with Crippen molar-refractivity contribution in [3.8, 4) is 0 Å². The number of hydrogen-bond acceptors (Lipinski definition) is 0. The summed E-state index contributed by atoms with van der Waals surface area (Å²) in [5, 5.41) is 0. The van der Waals surface area contributed by atoms with Gasteiger partial charge in [-0.05, 0) is 12.3 Å². The third-order valence-corrected chi connectivity index (χ3v) is 2.21. The van der Waals surface area contributed by atoms with E-state index in [-0.39, 0.29) is 46.5 Å². The molecule has 0 saturated heterocycles. The Labute approximate surface area is 102 Å². The van der Waals surface area contributed by atoms with Crippen molar-refractivity contribution < 1.29 is 46.5 Å². The van der Waals surface area contributed by atoms with Crippen LogP contribution < -0.4 is 24.8 Å². The quantitative estimate of drug-likeness (QED) is 0.303. The first-order valence-electron chi connectivity index (χ1n) is 3.67. The standard InChI is InChI=1S/C9H11.2ClH.Ti/c1-2-5-9-7-3-6-8(9)4-1;;;/h1-2,4,6,9H,3,5,7H2;2*1H;/q-1;;;+3/p-2. The molecule has 0 nitrogen and oxygen atoms in total. The van der Waals surface area contributed by atoms with Crippen LogP contribution in [0.25, 0.3) is 0 Å². The molecule has 0 aliphatic heterocycles. The summed E-state index contributed by atoms with van der Waals surface area (Å²) < 4.78 is 0. The van der Waals surface area contributed by atoms with Crippen LogP contribution in [0, 0.1) is 12.3 Å². The molecule has 0 aromatic carbocycles. The van der Waals surface area contributed by atoms with Crippen molar-refractivity contribution in [2.45, 2.75) is 19.3 Å². The fourth-order valence-corrected chi connectivity index (χ4v) is 1.66. The van der Waals surface area contributed by atoms with Crippen molar-refractivity contribution in [1.82, 2.24) is 0 Å². The third-order valence-electron chi connectivity index (χ3n) is 2.21. The second-order valence-electron chi connectivity index (χ2n) is 2.81. The first kappa shape index (κ1) is 15.1. The van der Waals surface area contributed by atoms with Gasteiger partial charge in [0, 0.05) is 0 Å². The maximum atomic E-state index is 2.37. The van der Waals surface area contributed by atoms with Gasteiger partial charge in [0.15, 0.2) is 0 Å². The van der Waals surface area contributed by atoms with Gasteiger partial charge >= 0.3 is 21.7 Å². The van der Waals surface area contributed by atoms with E-state index in [2.05, 4.69) is 24.6 Å². The van der Waals surface area contributed by atoms with Crippen molar-refractivity contribution in [3.05, 3.63) is 30.2 Å². The molecule has 1 atom stereocenters. The molecule has 2 aliphatic carbocycles. The molecule has 0 amide bonds. The van der Waals surface area contributed by atoms with E-state index in [0.29, 0.717) is 0 Å². The van der Waals surface area contributed by atoms with Gasteiger partial charge < -0.3 is 24.8 Å². The Kier molecular flexibility index (Phi) is 8.94. The number of halogens is 2. The van der Waals surface area contributed by atoms with Crippen LogP contribution >= 0.6 is 0 Å². The molecular weight excluding hydrogens is 227 g/mol. The third kappa shape index (κ3) is 3.18. The van der Waals surface area contributed by atoms with Crippen LogP contribution in [-0.4, -0.2) is 0 Å². The van der Waals surface area contributed by atoms with Gasteiger partial charge in [0.05, 0.1) is 0 Å². The van der Waals surface area contributed by atoms with Crippen LogP contribution in [0.5, 0.6) is 0 Å². The van der Waals surface area contributed by atoms with E-state index < -0.39 is 0 Å². The Hall–Kier alpha value is 0.644. The zero-order chi connectivity index (χ0) is 6.10. The van der Waals surface area contributed by atoms with E-state index in [4.69, 9.17) is 0 Å². The Morgan fingerprint density at radius 1 is 1.33 bits per heavy atom. The van der Waals surface area contributed by atoms with Crippen LogP contribution in [0.3, 0.4) is 0 Å². The van der Waals surface area contributed by atoms with Gasteiger partial charge in [0.1, 0.15) is 0 Å². The summed E-state index contributed by atoms with van der Waals surface area (Å²) in [6.07, 6.45) is 13.0. The summed E-state index contributed by atoms with van der Waals surface area (Å²) in [5.74, 6) is 0.884. The van der Waals surface area contributed by atoms with Crippen molar-refractivity contribution in [3.63, 3.8) is 0 Å². The van der Waals surface area contributed by atoms with Gasteiger partial charge in [-0.15, -0.1) is 18.6 Å². The van der Waals surface area contributed by atoms with Crippen molar-refractivity contribution in [1.29, 1.82) is 0 Å². The fourth-order valence-electron chi connectivity index (χ4n) is 1.66. The van der Waals surface area contributed by atoms with E-state index in [1.165, 1.54) is 19.3 Å². The topological polar surface area (TPSA) is 0 Å². The SMILES string of the molecule is C1=CCC2CC[CH-]C2=C1.[Cl-].[Cl-].[Ti+3]. The molecule has 12 heavy (non-hydrogen) atoms. The smallest absolute Gasteiger partial charge is 1.00 e. The summed E-state index contributed by atoms with van der Waals surface area (Å²) in [4.78, 5) is 0. The predicted molar refractivity (Wildman–Crippen MR) is 38.9 cm³/mol. The number of hydrogen-bond donors (Lipinski definition) is 0. The molecule has 2 aliphatic rings. The van der Waals surface area contributed by atoms with Gasteiger partial charge in [0.2, 0.25) is 0 Å². The molecule has 0 heterocycles. The van der Waals surface area contributed by atoms with E-state index in [9.17, 15) is 0 Å². The molecule has 3 heteroatoms. The van der Waals surface area contributed by atoms with Crippen molar-refractivity contribution in [2.75, 3.05) is 0 Å². The van der Waals surface area contributed by atoms with Gasteiger partial charge in [0.25, 0.3) is 0 Å². The fraction of sp³-hybridized carbons (Fsp3) is 0.444. The normalized spacial score (nSPS) is 23.3. The molecule has 1 radical (unpaired) electrons. The Bertz CT molecular complexity index is 175. The minimum atomic E-state index is 0. The summed E-state index contributed by atoms with van der Waals surface area (Å²) in [6.45, 7) is 0. The van der Waals surface area contributed by atoms with Gasteiger partial charge in [-0.1, -0.05) is 6.42 Å². The largest absolute Gasteiger partial charge is 3.00 e. The van der Waals surface area contributed by atoms with Crippen molar-refractivity contribution in [2.24, 2.45) is 5.92 Å². The van der Waals surface area contributed by atoms with Crippen LogP contribution in [0.15, 0.2) is 23.8 Å². The van der Waals surface area contributed by atoms with E-state index >= 15 is 0 Å². The van der Waals surface area contributed by atoms with Crippen LogP contribution in [0.4, 0.5) is 0 Å². The average Bonchev–Trinajstić information content (AvgIpc) is 2.33. The predicted octanol–water partition coefficient (Wildman–Crippen LogP) is -3.51. The molecule has 65 valence electrons. The summed E-state index contributed by atoms with van der Waals surface area (Å²) in [5.41, 5.74) is 1.58. The number of allylic oxidation sites excluding steroid dienone is 4. The number of rotatable bonds is 0. The number of fused-ring (bicyclic) bond motifs is 1. The molecule has 0 N–H and O–H groups in total. The molecule has 1 unspecified atom stereocenters. The zero-order valence-electron chi connectivity index (χ0n) is 6.76. The minimum absolute atomic E-state index is 0. The summed E-state index contributed by atoms with van der Waals surface area (Å²) >= 11 is 0. The van der Waals surface area contributed by atoms with E-state index in [0.717, 1.165) is 5.92 Å². The van der Waals surface area contributed by atoms with Gasteiger partial charge in [-0.3, -0.25) is 0 Å². The van der Waals surface area contributed by atoms with Crippen LogP contribution in [0.1, 0.15) is 19.3 Å². The Morgan fingerprint density at radius 3 is 2.75 bits per heavy atom. The molecule has 1 fully saturated rings. The molecule has 0 spiro atoms. The molecular formula is C9H11Cl2Ti. The van der Waals surface area contributed by atoms with Crippen LogP contribution in [0.2, 0.25) is 0 Å². The molecule has 0 aromatic rings. The second-order valence-corrected chi connectivity index (χ2v) is 2.81. The molecule has 2 rings (SSSR count). The summed E-state index contributed by atoms with van der Waals surface area (Å²) in [7, 11) is 0. The summed E-state index contributed by atoms with van der Waals surface area (Å²) in [6, 6.07) is 0. The Morgan fingerprint density at radius 2 is 2.08 bits per heavy atom. The monoisotopic (exact) mass is 237 g/mol. The van der Waals surface area contributed by atoms with E-state index in [1.54, 1.807) is 5.57 Å².